The number of rotatable bonds is 3. The highest BCUT2D eigenvalue weighted by Crippen LogP contribution is 2.32. The molecule has 1 aromatic heterocycles. The summed E-state index contributed by atoms with van der Waals surface area (Å²) in [4.78, 5) is 10.8. The number of nitrogens with zero attached hydrogens (tertiary/aromatic N) is 2. The van der Waals surface area contributed by atoms with Gasteiger partial charge in [-0.1, -0.05) is 46.3 Å². The van der Waals surface area contributed by atoms with Crippen LogP contribution in [0.5, 0.6) is 0 Å². The lowest BCUT2D eigenvalue weighted by Crippen LogP contribution is -1.93. The van der Waals surface area contributed by atoms with E-state index < -0.39 is 0 Å². The van der Waals surface area contributed by atoms with Crippen molar-refractivity contribution in [3.05, 3.63) is 68.3 Å². The van der Waals surface area contributed by atoms with Gasteiger partial charge in [0, 0.05) is 17.0 Å². The Kier molecular flexibility index (Phi) is 3.23. The lowest BCUT2D eigenvalue weighted by molar-refractivity contribution is -0.383. The summed E-state index contributed by atoms with van der Waals surface area (Å²) in [5.41, 5.74) is 2.49. The molecule has 2 aromatic carbocycles. The molecule has 0 radical (unpaired) electrons. The molecule has 3 rings (SSSR count). The van der Waals surface area contributed by atoms with Crippen LogP contribution in [0.25, 0.3) is 10.9 Å². The lowest BCUT2D eigenvalue weighted by atomic mass is 10.1. The molecular weight excluding hydrogens is 322 g/mol. The molecule has 5 nitrogen and oxygen atoms in total. The van der Waals surface area contributed by atoms with Gasteiger partial charge in [-0.05, 0) is 11.6 Å². The Morgan fingerprint density at radius 2 is 2.00 bits per heavy atom. The van der Waals surface area contributed by atoms with Crippen molar-refractivity contribution < 1.29 is 4.92 Å². The van der Waals surface area contributed by atoms with Gasteiger partial charge >= 0.3 is 0 Å². The average molecular weight is 332 g/mol. The van der Waals surface area contributed by atoms with Gasteiger partial charge in [0.2, 0.25) is 0 Å². The quantitative estimate of drug-likeness (QED) is 0.585. The zero-order chi connectivity index (χ0) is 14.1. The highest BCUT2D eigenvalue weighted by molar-refractivity contribution is 9.10. The van der Waals surface area contributed by atoms with Crippen molar-refractivity contribution in [2.45, 2.75) is 6.42 Å². The number of hydrogen-bond acceptors (Lipinski definition) is 3. The molecule has 3 aromatic rings. The number of benzene rings is 2. The smallest absolute Gasteiger partial charge is 0.281 e. The van der Waals surface area contributed by atoms with E-state index >= 15 is 0 Å². The second-order valence-corrected chi connectivity index (χ2v) is 5.36. The van der Waals surface area contributed by atoms with Gasteiger partial charge in [-0.3, -0.25) is 15.2 Å². The fourth-order valence-electron chi connectivity index (χ4n) is 2.23. The zero-order valence-corrected chi connectivity index (χ0v) is 11.9. The maximum Gasteiger partial charge on any atom is 0.281 e. The van der Waals surface area contributed by atoms with Crippen LogP contribution in [0.2, 0.25) is 0 Å². The van der Waals surface area contributed by atoms with E-state index in [0.717, 1.165) is 11.3 Å². The number of aromatic amines is 1. The second kappa shape index (κ2) is 5.05. The van der Waals surface area contributed by atoms with Gasteiger partial charge in [0.25, 0.3) is 5.69 Å². The zero-order valence-electron chi connectivity index (χ0n) is 10.3. The van der Waals surface area contributed by atoms with Crippen LogP contribution in [-0.4, -0.2) is 15.1 Å². The number of H-pyrrole nitrogens is 1. The van der Waals surface area contributed by atoms with E-state index in [0.29, 0.717) is 21.8 Å². The third-order valence-corrected chi connectivity index (χ3v) is 3.55. The average Bonchev–Trinajstić information content (AvgIpc) is 2.82. The SMILES string of the molecule is O=[N+]([O-])c1cc(Br)cc2n[nH]c(Cc3ccccc3)c12. The van der Waals surface area contributed by atoms with Crippen molar-refractivity contribution in [3.8, 4) is 0 Å². The van der Waals surface area contributed by atoms with E-state index in [1.807, 2.05) is 30.3 Å². The maximum atomic E-state index is 11.2. The Labute approximate surface area is 122 Å². The number of nitro groups is 1. The minimum absolute atomic E-state index is 0.0639. The van der Waals surface area contributed by atoms with Crippen molar-refractivity contribution in [3.63, 3.8) is 0 Å². The summed E-state index contributed by atoms with van der Waals surface area (Å²) in [6.45, 7) is 0. The largest absolute Gasteiger partial charge is 0.281 e. The van der Waals surface area contributed by atoms with Gasteiger partial charge < -0.3 is 0 Å². The molecule has 0 aliphatic rings. The van der Waals surface area contributed by atoms with E-state index in [-0.39, 0.29) is 10.6 Å². The fraction of sp³-hybridized carbons (Fsp3) is 0.0714. The molecule has 0 spiro atoms. The number of hydrogen-bond donors (Lipinski definition) is 1. The van der Waals surface area contributed by atoms with E-state index in [2.05, 4.69) is 26.1 Å². The monoisotopic (exact) mass is 331 g/mol. The van der Waals surface area contributed by atoms with Gasteiger partial charge in [-0.15, -0.1) is 0 Å². The molecule has 1 heterocycles. The summed E-state index contributed by atoms with van der Waals surface area (Å²) in [5.74, 6) is 0. The number of fused-ring (bicyclic) bond motifs is 1. The summed E-state index contributed by atoms with van der Waals surface area (Å²) < 4.78 is 0.648. The van der Waals surface area contributed by atoms with Crippen LogP contribution in [0, 0.1) is 10.1 Å². The normalized spacial score (nSPS) is 10.8. The molecule has 0 amide bonds. The minimum Gasteiger partial charge on any atom is -0.281 e. The molecule has 20 heavy (non-hydrogen) atoms. The van der Waals surface area contributed by atoms with Crippen LogP contribution in [-0.2, 0) is 6.42 Å². The van der Waals surface area contributed by atoms with Crippen molar-refractivity contribution in [2.75, 3.05) is 0 Å². The number of aromatic nitrogens is 2. The first-order valence-electron chi connectivity index (χ1n) is 6.00. The van der Waals surface area contributed by atoms with Crippen LogP contribution >= 0.6 is 15.9 Å². The predicted molar refractivity (Wildman–Crippen MR) is 79.7 cm³/mol. The molecule has 0 atom stereocenters. The Morgan fingerprint density at radius 3 is 2.70 bits per heavy atom. The molecule has 0 saturated heterocycles. The van der Waals surface area contributed by atoms with Gasteiger partial charge in [-0.2, -0.15) is 5.10 Å². The van der Waals surface area contributed by atoms with Crippen molar-refractivity contribution in [1.29, 1.82) is 0 Å². The van der Waals surface area contributed by atoms with Crippen LogP contribution in [0.3, 0.4) is 0 Å². The standard InChI is InChI=1S/C14H10BrN3O2/c15-10-7-12-14(13(8-10)18(19)20)11(16-17-12)6-9-4-2-1-3-5-9/h1-5,7-8H,6H2,(H,16,17). The first-order chi connectivity index (χ1) is 9.65. The van der Waals surface area contributed by atoms with Gasteiger partial charge in [0.1, 0.15) is 10.9 Å². The molecule has 0 aliphatic carbocycles. The summed E-state index contributed by atoms with van der Waals surface area (Å²) in [6, 6.07) is 13.1. The molecule has 0 saturated carbocycles. The number of non-ortho nitro benzene ring substituents is 1. The molecule has 100 valence electrons. The van der Waals surface area contributed by atoms with E-state index in [4.69, 9.17) is 0 Å². The summed E-state index contributed by atoms with van der Waals surface area (Å²) in [5, 5.41) is 18.9. The molecule has 0 bridgehead atoms. The van der Waals surface area contributed by atoms with Crippen molar-refractivity contribution in [2.24, 2.45) is 0 Å². The number of halogens is 1. The Bertz CT molecular complexity index is 784. The van der Waals surface area contributed by atoms with Crippen molar-refractivity contribution >= 4 is 32.5 Å². The molecule has 0 aliphatic heterocycles. The third kappa shape index (κ3) is 2.30. The molecule has 0 unspecified atom stereocenters. The van der Waals surface area contributed by atoms with Crippen LogP contribution in [0.15, 0.2) is 46.9 Å². The van der Waals surface area contributed by atoms with Gasteiger partial charge in [0.15, 0.2) is 0 Å². The summed E-state index contributed by atoms with van der Waals surface area (Å²) >= 11 is 3.27. The molecule has 0 fully saturated rings. The number of nitrogens with one attached hydrogen (secondary N) is 1. The van der Waals surface area contributed by atoms with E-state index in [9.17, 15) is 10.1 Å². The molecule has 6 heteroatoms. The summed E-state index contributed by atoms with van der Waals surface area (Å²) in [7, 11) is 0. The highest BCUT2D eigenvalue weighted by Gasteiger charge is 2.19. The van der Waals surface area contributed by atoms with E-state index in [1.54, 1.807) is 6.07 Å². The molecule has 1 N–H and O–H groups in total. The maximum absolute atomic E-state index is 11.2. The van der Waals surface area contributed by atoms with Gasteiger partial charge in [0.05, 0.1) is 10.6 Å². The van der Waals surface area contributed by atoms with E-state index in [1.165, 1.54) is 6.07 Å². The Morgan fingerprint density at radius 1 is 1.25 bits per heavy atom. The Hall–Kier alpha value is -2.21. The lowest BCUT2D eigenvalue weighted by Gasteiger charge is -2.01. The second-order valence-electron chi connectivity index (χ2n) is 4.44. The number of nitro benzene ring substituents is 1. The minimum atomic E-state index is -0.378. The Balaban J connectivity index is 2.15. The first-order valence-corrected chi connectivity index (χ1v) is 6.79. The van der Waals surface area contributed by atoms with Crippen LogP contribution in [0.4, 0.5) is 5.69 Å². The third-order valence-electron chi connectivity index (χ3n) is 3.10. The van der Waals surface area contributed by atoms with Crippen LogP contribution < -0.4 is 0 Å². The molecular formula is C14H10BrN3O2. The predicted octanol–water partition coefficient (Wildman–Crippen LogP) is 3.82. The fourth-order valence-corrected chi connectivity index (χ4v) is 2.66. The van der Waals surface area contributed by atoms with Crippen LogP contribution in [0.1, 0.15) is 11.3 Å². The first kappa shape index (κ1) is 12.8. The topological polar surface area (TPSA) is 71.8 Å². The van der Waals surface area contributed by atoms with Gasteiger partial charge in [-0.25, -0.2) is 0 Å². The highest BCUT2D eigenvalue weighted by atomic mass is 79.9. The summed E-state index contributed by atoms with van der Waals surface area (Å²) in [6.07, 6.45) is 0.583. The van der Waals surface area contributed by atoms with Crippen molar-refractivity contribution in [1.82, 2.24) is 10.2 Å².